The molecule has 2 fully saturated rings. The number of ether oxygens (including phenoxy) is 4. The Balaban J connectivity index is 1.89. The molecule has 14 nitrogen and oxygen atoms in total. The second-order valence-electron chi connectivity index (χ2n) is 13.0. The largest absolute Gasteiger partial charge is 0.394 e. The van der Waals surface area contributed by atoms with E-state index < -0.39 is 86.8 Å². The molecule has 0 radical (unpaired) electrons. The summed E-state index contributed by atoms with van der Waals surface area (Å²) in [4.78, 5) is 12.4. The molecule has 0 bridgehead atoms. The number of nitrogens with one attached hydrogen (secondary N) is 1. The summed E-state index contributed by atoms with van der Waals surface area (Å²) < 4.78 is 22.2. The molecule has 9 N–H and O–H groups in total. The van der Waals surface area contributed by atoms with Crippen molar-refractivity contribution in [3.8, 4) is 0 Å². The third kappa shape index (κ3) is 14.9. The first kappa shape index (κ1) is 43.6. The lowest BCUT2D eigenvalue weighted by Crippen LogP contribution is -2.65. The highest BCUT2D eigenvalue weighted by atomic mass is 16.7. The molecule has 0 aliphatic carbocycles. The highest BCUT2D eigenvalue weighted by Crippen LogP contribution is 2.29. The molecule has 286 valence electrons. The molecule has 49 heavy (non-hydrogen) atoms. The predicted molar refractivity (Wildman–Crippen MR) is 180 cm³/mol. The SMILES string of the molecule is CCCCCCCCCC/C=C/CC/C=C/C(O)C(COC1OC(CO)C(OC2OC(CO)C(O)C(O)C2O)C(O)C1O)NC(=O)CCC. The minimum atomic E-state index is -1.78. The van der Waals surface area contributed by atoms with Gasteiger partial charge in [0.1, 0.15) is 48.8 Å². The summed E-state index contributed by atoms with van der Waals surface area (Å²) >= 11 is 0. The summed E-state index contributed by atoms with van der Waals surface area (Å²) in [6.07, 6.45) is 4.32. The fraction of sp³-hybridized carbons (Fsp3) is 0.857. The lowest BCUT2D eigenvalue weighted by molar-refractivity contribution is -0.359. The highest BCUT2D eigenvalue weighted by Gasteiger charge is 2.50. The molecule has 14 heteroatoms. The van der Waals surface area contributed by atoms with Crippen molar-refractivity contribution in [1.29, 1.82) is 0 Å². The van der Waals surface area contributed by atoms with Crippen LogP contribution in [0, 0.1) is 0 Å². The van der Waals surface area contributed by atoms with Crippen LogP contribution in [0.1, 0.15) is 97.3 Å². The molecule has 12 atom stereocenters. The van der Waals surface area contributed by atoms with Crippen LogP contribution in [-0.4, -0.2) is 140 Å². The van der Waals surface area contributed by atoms with E-state index in [1.807, 2.05) is 13.0 Å². The fourth-order valence-electron chi connectivity index (χ4n) is 5.82. The average molecular weight is 706 g/mol. The van der Waals surface area contributed by atoms with Crippen molar-refractivity contribution in [3.05, 3.63) is 24.3 Å². The van der Waals surface area contributed by atoms with Crippen molar-refractivity contribution in [2.24, 2.45) is 0 Å². The Bertz CT molecular complexity index is 935. The Morgan fingerprint density at radius 1 is 0.714 bits per heavy atom. The number of amides is 1. The minimum Gasteiger partial charge on any atom is -0.394 e. The standard InChI is InChI=1S/C35H63NO13/c1-3-5-6-7-8-9-10-11-12-13-14-15-16-17-19-24(39)23(36-27(40)18-4-2)22-46-34-32(45)30(43)33(26(21-38)48-34)49-35-31(44)29(42)28(41)25(20-37)47-35/h13-14,17,19,23-26,28-35,37-39,41-45H,3-12,15-16,18,20-22H2,1-2H3,(H,36,40)/b14-13+,19-17+. The first-order valence-electron chi connectivity index (χ1n) is 18.1. The molecule has 0 aromatic rings. The van der Waals surface area contributed by atoms with Gasteiger partial charge in [0.05, 0.1) is 32.0 Å². The molecule has 0 aromatic heterocycles. The molecular formula is C35H63NO13. The van der Waals surface area contributed by atoms with Gasteiger partial charge in [-0.25, -0.2) is 0 Å². The summed E-state index contributed by atoms with van der Waals surface area (Å²) in [6.45, 7) is 2.33. The van der Waals surface area contributed by atoms with E-state index in [2.05, 4.69) is 24.4 Å². The zero-order chi connectivity index (χ0) is 36.2. The van der Waals surface area contributed by atoms with Crippen LogP contribution in [0.25, 0.3) is 0 Å². The average Bonchev–Trinajstić information content (AvgIpc) is 3.09. The minimum absolute atomic E-state index is 0.224. The number of hydrogen-bond donors (Lipinski definition) is 9. The Labute approximate surface area is 290 Å². The van der Waals surface area contributed by atoms with Gasteiger partial charge in [0.25, 0.3) is 0 Å². The third-order valence-electron chi connectivity index (χ3n) is 8.86. The van der Waals surface area contributed by atoms with Crippen molar-refractivity contribution in [2.75, 3.05) is 19.8 Å². The van der Waals surface area contributed by atoms with Crippen LogP contribution >= 0.6 is 0 Å². The molecule has 2 rings (SSSR count). The van der Waals surface area contributed by atoms with Gasteiger partial charge in [-0.3, -0.25) is 4.79 Å². The molecule has 2 heterocycles. The van der Waals surface area contributed by atoms with Gasteiger partial charge >= 0.3 is 0 Å². The quantitative estimate of drug-likeness (QED) is 0.0498. The normalized spacial score (nSPS) is 32.1. The maximum absolute atomic E-state index is 12.4. The van der Waals surface area contributed by atoms with Crippen LogP contribution in [0.5, 0.6) is 0 Å². The summed E-state index contributed by atoms with van der Waals surface area (Å²) in [5.74, 6) is -0.307. The van der Waals surface area contributed by atoms with Gasteiger partial charge in [-0.15, -0.1) is 0 Å². The number of aliphatic hydroxyl groups is 8. The van der Waals surface area contributed by atoms with Crippen molar-refractivity contribution in [1.82, 2.24) is 5.32 Å². The molecule has 0 spiro atoms. The molecule has 2 saturated heterocycles. The summed E-state index contributed by atoms with van der Waals surface area (Å²) in [5, 5.41) is 85.1. The molecular weight excluding hydrogens is 642 g/mol. The molecule has 0 aromatic carbocycles. The van der Waals surface area contributed by atoms with Crippen molar-refractivity contribution in [3.63, 3.8) is 0 Å². The van der Waals surface area contributed by atoms with E-state index in [0.29, 0.717) is 12.8 Å². The zero-order valence-corrected chi connectivity index (χ0v) is 29.2. The number of unbranched alkanes of at least 4 members (excludes halogenated alkanes) is 9. The summed E-state index contributed by atoms with van der Waals surface area (Å²) in [6, 6.07) is -0.920. The van der Waals surface area contributed by atoms with Crippen molar-refractivity contribution in [2.45, 2.75) is 171 Å². The van der Waals surface area contributed by atoms with Crippen LogP contribution in [-0.2, 0) is 23.7 Å². The van der Waals surface area contributed by atoms with Gasteiger partial charge in [-0.2, -0.15) is 0 Å². The Morgan fingerprint density at radius 3 is 1.96 bits per heavy atom. The molecule has 0 saturated carbocycles. The van der Waals surface area contributed by atoms with Gasteiger partial charge in [0, 0.05) is 6.42 Å². The number of carbonyl (C=O) groups is 1. The van der Waals surface area contributed by atoms with E-state index >= 15 is 0 Å². The van der Waals surface area contributed by atoms with E-state index in [1.54, 1.807) is 6.08 Å². The first-order chi connectivity index (χ1) is 23.6. The number of rotatable bonds is 24. The maximum atomic E-state index is 12.4. The molecule has 1 amide bonds. The van der Waals surface area contributed by atoms with Gasteiger partial charge in [0.2, 0.25) is 5.91 Å². The van der Waals surface area contributed by atoms with E-state index in [0.717, 1.165) is 12.8 Å². The Kier molecular flexibility index (Phi) is 21.9. The van der Waals surface area contributed by atoms with Crippen molar-refractivity contribution < 1.29 is 64.6 Å². The van der Waals surface area contributed by atoms with E-state index in [9.17, 15) is 45.6 Å². The van der Waals surface area contributed by atoms with Crippen LogP contribution in [0.3, 0.4) is 0 Å². The predicted octanol–water partition coefficient (Wildman–Crippen LogP) is 0.696. The number of carbonyl (C=O) groups excluding carboxylic acids is 1. The van der Waals surface area contributed by atoms with Gasteiger partial charge in [0.15, 0.2) is 12.6 Å². The smallest absolute Gasteiger partial charge is 0.220 e. The summed E-state index contributed by atoms with van der Waals surface area (Å²) in [5.41, 5.74) is 0. The second-order valence-corrected chi connectivity index (χ2v) is 13.0. The van der Waals surface area contributed by atoms with Gasteiger partial charge < -0.3 is 65.1 Å². The van der Waals surface area contributed by atoms with E-state index in [-0.39, 0.29) is 18.9 Å². The Morgan fingerprint density at radius 2 is 1.31 bits per heavy atom. The fourth-order valence-corrected chi connectivity index (χ4v) is 5.82. The van der Waals surface area contributed by atoms with Crippen LogP contribution in [0.15, 0.2) is 24.3 Å². The van der Waals surface area contributed by atoms with Crippen LogP contribution in [0.2, 0.25) is 0 Å². The van der Waals surface area contributed by atoms with E-state index in [4.69, 9.17) is 18.9 Å². The molecule has 2 aliphatic rings. The number of aliphatic hydroxyl groups excluding tert-OH is 8. The zero-order valence-electron chi connectivity index (χ0n) is 29.2. The molecule has 12 unspecified atom stereocenters. The monoisotopic (exact) mass is 705 g/mol. The second kappa shape index (κ2) is 24.6. The number of hydrogen-bond acceptors (Lipinski definition) is 13. The van der Waals surface area contributed by atoms with Crippen LogP contribution in [0.4, 0.5) is 0 Å². The highest BCUT2D eigenvalue weighted by molar-refractivity contribution is 5.76. The lowest BCUT2D eigenvalue weighted by atomic mass is 9.97. The van der Waals surface area contributed by atoms with E-state index in [1.165, 1.54) is 51.4 Å². The van der Waals surface area contributed by atoms with Gasteiger partial charge in [-0.1, -0.05) is 83.1 Å². The van der Waals surface area contributed by atoms with Gasteiger partial charge in [-0.05, 0) is 32.1 Å². The van der Waals surface area contributed by atoms with Crippen LogP contribution < -0.4 is 5.32 Å². The first-order valence-corrected chi connectivity index (χ1v) is 18.1. The maximum Gasteiger partial charge on any atom is 0.220 e. The third-order valence-corrected chi connectivity index (χ3v) is 8.86. The topological polar surface area (TPSA) is 228 Å². The lowest BCUT2D eigenvalue weighted by Gasteiger charge is -2.46. The summed E-state index contributed by atoms with van der Waals surface area (Å²) in [7, 11) is 0. The molecule has 2 aliphatic heterocycles. The van der Waals surface area contributed by atoms with Crippen molar-refractivity contribution >= 4 is 5.91 Å². The number of allylic oxidation sites excluding steroid dienone is 3. The Hall–Kier alpha value is -1.53.